The van der Waals surface area contributed by atoms with Crippen LogP contribution in [0.15, 0.2) is 43.0 Å². The first-order valence-electron chi connectivity index (χ1n) is 7.30. The molecule has 0 bridgehead atoms. The maximum absolute atomic E-state index is 13.5. The van der Waals surface area contributed by atoms with Crippen LogP contribution in [0, 0.1) is 17.5 Å². The lowest BCUT2D eigenvalue weighted by Gasteiger charge is -2.12. The van der Waals surface area contributed by atoms with Gasteiger partial charge >= 0.3 is 0 Å². The molecule has 7 heteroatoms. The zero-order valence-electron chi connectivity index (χ0n) is 13.4. The van der Waals surface area contributed by atoms with Crippen LogP contribution < -0.4 is 14.8 Å². The molecule has 2 aromatic carbocycles. The molecular formula is C18H16F3NO3. The number of methoxy groups -OCH3 is 1. The zero-order valence-corrected chi connectivity index (χ0v) is 13.4. The Labute approximate surface area is 142 Å². The van der Waals surface area contributed by atoms with Crippen molar-refractivity contribution in [3.8, 4) is 11.5 Å². The number of benzene rings is 2. The second-order valence-corrected chi connectivity index (χ2v) is 5.04. The summed E-state index contributed by atoms with van der Waals surface area (Å²) in [5, 5.41) is 2.12. The van der Waals surface area contributed by atoms with Gasteiger partial charge in [-0.05, 0) is 36.2 Å². The van der Waals surface area contributed by atoms with E-state index in [1.54, 1.807) is 24.3 Å². The zero-order chi connectivity index (χ0) is 18.4. The summed E-state index contributed by atoms with van der Waals surface area (Å²) in [7, 11) is 1.45. The fourth-order valence-corrected chi connectivity index (χ4v) is 2.08. The van der Waals surface area contributed by atoms with Crippen LogP contribution in [0.5, 0.6) is 11.5 Å². The number of ether oxygens (including phenoxy) is 2. The topological polar surface area (TPSA) is 47.6 Å². The molecule has 0 heterocycles. The molecule has 1 N–H and O–H groups in total. The number of carbonyl (C=O) groups excluding carboxylic acids is 1. The summed E-state index contributed by atoms with van der Waals surface area (Å²) in [6.07, 6.45) is 2.38. The van der Waals surface area contributed by atoms with E-state index in [-0.39, 0.29) is 0 Å². The molecule has 25 heavy (non-hydrogen) atoms. The van der Waals surface area contributed by atoms with E-state index in [4.69, 9.17) is 9.47 Å². The third kappa shape index (κ3) is 4.53. The number of allylic oxidation sites excluding steroid dienone is 1. The first-order valence-corrected chi connectivity index (χ1v) is 7.30. The molecular weight excluding hydrogens is 335 g/mol. The monoisotopic (exact) mass is 351 g/mol. The fourth-order valence-electron chi connectivity index (χ4n) is 2.08. The normalized spacial score (nSPS) is 10.2. The lowest BCUT2D eigenvalue weighted by atomic mass is 10.1. The molecule has 0 saturated heterocycles. The van der Waals surface area contributed by atoms with E-state index in [2.05, 4.69) is 11.9 Å². The van der Waals surface area contributed by atoms with Crippen molar-refractivity contribution in [3.05, 3.63) is 66.0 Å². The Bertz CT molecular complexity index is 793. The van der Waals surface area contributed by atoms with Gasteiger partial charge in [-0.15, -0.1) is 6.58 Å². The van der Waals surface area contributed by atoms with Gasteiger partial charge in [-0.2, -0.15) is 0 Å². The van der Waals surface area contributed by atoms with E-state index in [1.807, 2.05) is 0 Å². The van der Waals surface area contributed by atoms with Gasteiger partial charge in [0.05, 0.1) is 12.8 Å². The van der Waals surface area contributed by atoms with Crippen molar-refractivity contribution in [2.45, 2.75) is 6.42 Å². The maximum atomic E-state index is 13.5. The van der Waals surface area contributed by atoms with Crippen LogP contribution in [-0.2, 0) is 11.2 Å². The van der Waals surface area contributed by atoms with E-state index in [1.165, 1.54) is 7.11 Å². The third-order valence-corrected chi connectivity index (χ3v) is 3.28. The minimum atomic E-state index is -1.65. The van der Waals surface area contributed by atoms with Crippen molar-refractivity contribution in [2.24, 2.45) is 0 Å². The van der Waals surface area contributed by atoms with Crippen molar-refractivity contribution in [3.63, 3.8) is 0 Å². The Morgan fingerprint density at radius 1 is 1.16 bits per heavy atom. The maximum Gasteiger partial charge on any atom is 0.262 e. The molecule has 0 aromatic heterocycles. The molecule has 2 aromatic rings. The smallest absolute Gasteiger partial charge is 0.262 e. The van der Waals surface area contributed by atoms with Gasteiger partial charge in [-0.25, -0.2) is 13.2 Å². The van der Waals surface area contributed by atoms with Gasteiger partial charge in [0.15, 0.2) is 35.6 Å². The second kappa shape index (κ2) is 8.23. The number of carbonyl (C=O) groups is 1. The Hall–Kier alpha value is -2.96. The van der Waals surface area contributed by atoms with E-state index in [0.717, 1.165) is 17.7 Å². The summed E-state index contributed by atoms with van der Waals surface area (Å²) in [4.78, 5) is 11.8. The highest BCUT2D eigenvalue weighted by atomic mass is 19.2. The average molecular weight is 351 g/mol. The van der Waals surface area contributed by atoms with Gasteiger partial charge in [0.1, 0.15) is 0 Å². The largest absolute Gasteiger partial charge is 0.493 e. The molecule has 2 rings (SSSR count). The summed E-state index contributed by atoms with van der Waals surface area (Å²) in [6, 6.07) is 6.80. The minimum absolute atomic E-state index is 0.316. The van der Waals surface area contributed by atoms with E-state index < -0.39 is 35.7 Å². The fraction of sp³-hybridized carbons (Fsp3) is 0.167. The van der Waals surface area contributed by atoms with Crippen LogP contribution in [0.4, 0.5) is 18.9 Å². The van der Waals surface area contributed by atoms with Crippen molar-refractivity contribution in [1.29, 1.82) is 0 Å². The molecule has 0 radical (unpaired) electrons. The number of hydrogen-bond acceptors (Lipinski definition) is 3. The summed E-state index contributed by atoms with van der Waals surface area (Å²) < 4.78 is 50.0. The number of hydrogen-bond donors (Lipinski definition) is 1. The molecule has 0 unspecified atom stereocenters. The molecule has 132 valence electrons. The summed E-state index contributed by atoms with van der Waals surface area (Å²) >= 11 is 0. The molecule has 0 aliphatic heterocycles. The van der Waals surface area contributed by atoms with Crippen molar-refractivity contribution < 1.29 is 27.4 Å². The van der Waals surface area contributed by atoms with E-state index >= 15 is 0 Å². The third-order valence-electron chi connectivity index (χ3n) is 3.28. The Balaban J connectivity index is 2.03. The predicted octanol–water partition coefficient (Wildman–Crippen LogP) is 3.86. The van der Waals surface area contributed by atoms with Gasteiger partial charge < -0.3 is 14.8 Å². The first kappa shape index (κ1) is 18.4. The first-order chi connectivity index (χ1) is 12.0. The Morgan fingerprint density at radius 2 is 1.92 bits per heavy atom. The SMILES string of the molecule is C=CCc1ccc(OCC(=O)Nc2ccc(F)c(F)c2F)c(OC)c1. The van der Waals surface area contributed by atoms with Gasteiger partial charge in [0.2, 0.25) is 0 Å². The van der Waals surface area contributed by atoms with Crippen LogP contribution in [-0.4, -0.2) is 19.6 Å². The number of rotatable bonds is 7. The predicted molar refractivity (Wildman–Crippen MR) is 87.3 cm³/mol. The van der Waals surface area contributed by atoms with Crippen LogP contribution in [0.2, 0.25) is 0 Å². The number of halogens is 3. The van der Waals surface area contributed by atoms with Crippen LogP contribution in [0.3, 0.4) is 0 Å². The number of amides is 1. The Morgan fingerprint density at radius 3 is 2.60 bits per heavy atom. The van der Waals surface area contributed by atoms with Gasteiger partial charge in [0.25, 0.3) is 5.91 Å². The van der Waals surface area contributed by atoms with Crippen LogP contribution in [0.25, 0.3) is 0 Å². The van der Waals surface area contributed by atoms with Crippen molar-refractivity contribution in [1.82, 2.24) is 0 Å². The number of anilines is 1. The highest BCUT2D eigenvalue weighted by Gasteiger charge is 2.16. The van der Waals surface area contributed by atoms with Gasteiger partial charge in [-0.1, -0.05) is 12.1 Å². The van der Waals surface area contributed by atoms with Gasteiger partial charge in [0, 0.05) is 0 Å². The summed E-state index contributed by atoms with van der Waals surface area (Å²) in [6.45, 7) is 3.18. The van der Waals surface area contributed by atoms with Crippen LogP contribution >= 0.6 is 0 Å². The quantitative estimate of drug-likeness (QED) is 0.609. The molecule has 1 amide bonds. The molecule has 0 atom stereocenters. The molecule has 0 aliphatic rings. The standard InChI is InChI=1S/C18H16F3NO3/c1-3-4-11-5-8-14(15(9-11)24-2)25-10-16(23)22-13-7-6-12(19)17(20)18(13)21/h3,5-9H,1,4,10H2,2H3,(H,22,23). The second-order valence-electron chi connectivity index (χ2n) is 5.04. The minimum Gasteiger partial charge on any atom is -0.493 e. The molecule has 0 saturated carbocycles. The lowest BCUT2D eigenvalue weighted by molar-refractivity contribution is -0.118. The van der Waals surface area contributed by atoms with Crippen molar-refractivity contribution >= 4 is 11.6 Å². The van der Waals surface area contributed by atoms with E-state index in [9.17, 15) is 18.0 Å². The van der Waals surface area contributed by atoms with Crippen molar-refractivity contribution in [2.75, 3.05) is 19.0 Å². The highest BCUT2D eigenvalue weighted by Crippen LogP contribution is 2.28. The molecule has 0 fully saturated rings. The van der Waals surface area contributed by atoms with E-state index in [0.29, 0.717) is 17.9 Å². The molecule has 4 nitrogen and oxygen atoms in total. The van der Waals surface area contributed by atoms with Gasteiger partial charge in [-0.3, -0.25) is 4.79 Å². The molecule has 0 aliphatic carbocycles. The average Bonchev–Trinajstić information content (AvgIpc) is 2.61. The highest BCUT2D eigenvalue weighted by molar-refractivity contribution is 5.92. The summed E-state index contributed by atoms with van der Waals surface area (Å²) in [5.41, 5.74) is 0.480. The lowest BCUT2D eigenvalue weighted by Crippen LogP contribution is -2.21. The van der Waals surface area contributed by atoms with Crippen LogP contribution in [0.1, 0.15) is 5.56 Å². The molecule has 0 spiro atoms. The summed E-state index contributed by atoms with van der Waals surface area (Å²) in [5.74, 6) is -4.46. The number of nitrogens with one attached hydrogen (secondary N) is 1. The Kier molecular flexibility index (Phi) is 6.05.